The maximum absolute atomic E-state index is 2.30. The van der Waals surface area contributed by atoms with Crippen molar-refractivity contribution in [2.45, 2.75) is 16.5 Å². The Kier molecular flexibility index (Phi) is 1.86. The summed E-state index contributed by atoms with van der Waals surface area (Å²) in [6, 6.07) is 0. The molecule has 0 aromatic heterocycles. The number of hydrogen-bond donors (Lipinski definition) is 0. The van der Waals surface area contributed by atoms with Gasteiger partial charge in [-0.3, -0.25) is 0 Å². The van der Waals surface area contributed by atoms with E-state index in [4.69, 9.17) is 0 Å². The van der Waals surface area contributed by atoms with Gasteiger partial charge in [0.05, 0.1) is 0 Å². The van der Waals surface area contributed by atoms with E-state index in [-0.39, 0.29) is 0 Å². The van der Waals surface area contributed by atoms with Gasteiger partial charge in [0.2, 0.25) is 0 Å². The molecule has 0 N–H and O–H groups in total. The summed E-state index contributed by atoms with van der Waals surface area (Å²) in [5, 5.41) is 0. The van der Waals surface area contributed by atoms with Gasteiger partial charge < -0.3 is 0 Å². The normalized spacial score (nSPS) is 22.1. The molecule has 0 atom stereocenters. The van der Waals surface area contributed by atoms with Gasteiger partial charge in [-0.25, -0.2) is 0 Å². The summed E-state index contributed by atoms with van der Waals surface area (Å²) in [4.78, 5) is 0. The quantitative estimate of drug-likeness (QED) is 0.616. The SMILES string of the molecule is CC[C]1([In])C=CC=C1. The van der Waals surface area contributed by atoms with Crippen LogP contribution in [0.5, 0.6) is 0 Å². The molecule has 0 unspecified atom stereocenters. The second kappa shape index (κ2) is 2.30. The molecule has 0 saturated carbocycles. The topological polar surface area (TPSA) is 0 Å². The molecule has 0 aromatic rings. The predicted molar refractivity (Wildman–Crippen MR) is 37.0 cm³/mol. The first-order valence-corrected chi connectivity index (χ1v) is 4.57. The van der Waals surface area contributed by atoms with Crippen LogP contribution < -0.4 is 0 Å². The van der Waals surface area contributed by atoms with Gasteiger partial charge in [0.1, 0.15) is 0 Å². The molecule has 0 fully saturated rings. The standard InChI is InChI=1S/C7H9.In/c1-2-7-5-3-4-6-7;/h3-6H,2H2,1H3;. The molecule has 0 heterocycles. The van der Waals surface area contributed by atoms with E-state index in [1.807, 2.05) is 0 Å². The number of hydrogen-bond acceptors (Lipinski definition) is 0. The fourth-order valence-corrected chi connectivity index (χ4v) is 1.39. The molecule has 1 rings (SSSR count). The zero-order chi connectivity index (χ0) is 6.04. The third kappa shape index (κ3) is 1.19. The van der Waals surface area contributed by atoms with E-state index in [0.717, 1.165) is 0 Å². The first-order valence-electron chi connectivity index (χ1n) is 2.93. The van der Waals surface area contributed by atoms with E-state index in [9.17, 15) is 0 Å². The van der Waals surface area contributed by atoms with Crippen molar-refractivity contribution < 1.29 is 0 Å². The average molecular weight is 208 g/mol. The minimum absolute atomic E-state index is 0.505. The average Bonchev–Trinajstić information content (AvgIpc) is 2.17. The molecule has 0 bridgehead atoms. The Morgan fingerprint density at radius 3 is 2.12 bits per heavy atom. The molecule has 1 aliphatic carbocycles. The van der Waals surface area contributed by atoms with E-state index < -0.39 is 0 Å². The van der Waals surface area contributed by atoms with Gasteiger partial charge in [-0.05, 0) is 0 Å². The van der Waals surface area contributed by atoms with Crippen LogP contribution in [0.3, 0.4) is 0 Å². The third-order valence-electron chi connectivity index (χ3n) is 1.54. The third-order valence-corrected chi connectivity index (χ3v) is 3.80. The molecule has 1 heteroatoms. The second-order valence-corrected chi connectivity index (χ2v) is 5.25. The number of rotatable bonds is 1. The van der Waals surface area contributed by atoms with Gasteiger partial charge in [-0.15, -0.1) is 0 Å². The van der Waals surface area contributed by atoms with Gasteiger partial charge in [0.25, 0.3) is 0 Å². The van der Waals surface area contributed by atoms with Crippen molar-refractivity contribution in [1.82, 2.24) is 0 Å². The molecule has 2 radical (unpaired) electrons. The Morgan fingerprint density at radius 2 is 1.88 bits per heavy atom. The predicted octanol–water partition coefficient (Wildman–Crippen LogP) is 1.85. The second-order valence-electron chi connectivity index (χ2n) is 2.18. The van der Waals surface area contributed by atoms with Gasteiger partial charge in [-0.1, -0.05) is 0 Å². The first-order chi connectivity index (χ1) is 3.77. The van der Waals surface area contributed by atoms with Crippen LogP contribution in [0.25, 0.3) is 0 Å². The summed E-state index contributed by atoms with van der Waals surface area (Å²) >= 11 is 1.32. The van der Waals surface area contributed by atoms with Crippen LogP contribution in [0.2, 0.25) is 3.17 Å². The zero-order valence-electron chi connectivity index (χ0n) is 5.09. The van der Waals surface area contributed by atoms with Crippen molar-refractivity contribution in [3.63, 3.8) is 0 Å². The van der Waals surface area contributed by atoms with Crippen molar-refractivity contribution in [3.8, 4) is 0 Å². The summed E-state index contributed by atoms with van der Waals surface area (Å²) in [6.07, 6.45) is 10.2. The molecule has 8 heavy (non-hydrogen) atoms. The molecule has 0 saturated heterocycles. The molecule has 1 aliphatic rings. The molecular weight excluding hydrogens is 199 g/mol. The van der Waals surface area contributed by atoms with E-state index in [0.29, 0.717) is 3.17 Å². The fourth-order valence-electron chi connectivity index (χ4n) is 0.761. The molecule has 40 valence electrons. The van der Waals surface area contributed by atoms with Gasteiger partial charge in [0.15, 0.2) is 0 Å². The molecule has 0 aromatic carbocycles. The summed E-state index contributed by atoms with van der Waals surface area (Å²) < 4.78 is 0.505. The molecule has 0 amide bonds. The van der Waals surface area contributed by atoms with Crippen LogP contribution in [-0.4, -0.2) is 24.4 Å². The van der Waals surface area contributed by atoms with E-state index >= 15 is 0 Å². The number of allylic oxidation sites excluding steroid dienone is 4. The van der Waals surface area contributed by atoms with Crippen LogP contribution in [0.15, 0.2) is 24.3 Å². The van der Waals surface area contributed by atoms with Crippen LogP contribution in [0.4, 0.5) is 0 Å². The van der Waals surface area contributed by atoms with Crippen molar-refractivity contribution in [1.29, 1.82) is 0 Å². The van der Waals surface area contributed by atoms with Gasteiger partial charge in [0, 0.05) is 0 Å². The Balaban J connectivity index is 2.69. The zero-order valence-corrected chi connectivity index (χ0v) is 8.39. The maximum atomic E-state index is 2.30. The Labute approximate surface area is 65.2 Å². The summed E-state index contributed by atoms with van der Waals surface area (Å²) in [7, 11) is 0. The Bertz CT molecular complexity index is 121. The van der Waals surface area contributed by atoms with E-state index in [1.165, 1.54) is 30.8 Å². The molecule has 0 spiro atoms. The van der Waals surface area contributed by atoms with E-state index in [2.05, 4.69) is 31.2 Å². The van der Waals surface area contributed by atoms with Gasteiger partial charge in [-0.2, -0.15) is 0 Å². The minimum atomic E-state index is 0.505. The summed E-state index contributed by atoms with van der Waals surface area (Å²) in [6.45, 7) is 2.24. The van der Waals surface area contributed by atoms with E-state index in [1.54, 1.807) is 0 Å². The molecule has 0 nitrogen and oxygen atoms in total. The molecular formula is C7H9In. The van der Waals surface area contributed by atoms with Crippen LogP contribution in [-0.2, 0) is 0 Å². The summed E-state index contributed by atoms with van der Waals surface area (Å²) in [5.74, 6) is 0. The monoisotopic (exact) mass is 208 g/mol. The first kappa shape index (κ1) is 6.47. The van der Waals surface area contributed by atoms with Crippen LogP contribution in [0.1, 0.15) is 13.3 Å². The Morgan fingerprint density at radius 1 is 1.38 bits per heavy atom. The van der Waals surface area contributed by atoms with Gasteiger partial charge >= 0.3 is 65.2 Å². The van der Waals surface area contributed by atoms with Crippen molar-refractivity contribution in [2.24, 2.45) is 0 Å². The van der Waals surface area contributed by atoms with Crippen molar-refractivity contribution in [3.05, 3.63) is 24.3 Å². The van der Waals surface area contributed by atoms with Crippen LogP contribution in [0, 0.1) is 0 Å². The Hall–Kier alpha value is 0.350. The molecule has 0 aliphatic heterocycles. The fraction of sp³-hybridized carbons (Fsp3) is 0.429. The summed E-state index contributed by atoms with van der Waals surface area (Å²) in [5.41, 5.74) is 0. The van der Waals surface area contributed by atoms with Crippen molar-refractivity contribution >= 4 is 24.4 Å². The van der Waals surface area contributed by atoms with Crippen molar-refractivity contribution in [2.75, 3.05) is 0 Å². The van der Waals surface area contributed by atoms with Crippen LogP contribution >= 0.6 is 0 Å².